The number of carbonyl (C=O) groups excluding carboxylic acids is 3. The molecule has 158 valence electrons. The molecule has 4 aliphatic rings. The summed E-state index contributed by atoms with van der Waals surface area (Å²) in [6, 6.07) is 9.57. The molecule has 1 aromatic heterocycles. The molecule has 3 fully saturated rings. The van der Waals surface area contributed by atoms with Crippen molar-refractivity contribution < 1.29 is 14.4 Å². The summed E-state index contributed by atoms with van der Waals surface area (Å²) in [5, 5.41) is 4.04. The van der Waals surface area contributed by atoms with Gasteiger partial charge in [-0.25, -0.2) is 0 Å². The fraction of sp³-hybridized carbons (Fsp3) is 0.440. The third-order valence-corrected chi connectivity index (χ3v) is 7.83. The molecule has 6 heteroatoms. The number of aromatic nitrogens is 1. The molecule has 1 unspecified atom stereocenters. The number of amides is 3. The highest BCUT2D eigenvalue weighted by Gasteiger charge is 2.60. The Morgan fingerprint density at radius 1 is 0.935 bits per heavy atom. The molecular weight excluding hydrogens is 390 g/mol. The van der Waals surface area contributed by atoms with E-state index in [1.165, 1.54) is 0 Å². The maximum atomic E-state index is 13.1. The van der Waals surface area contributed by atoms with Gasteiger partial charge in [0.15, 0.2) is 0 Å². The maximum Gasteiger partial charge on any atom is 0.233 e. The summed E-state index contributed by atoms with van der Waals surface area (Å²) < 4.78 is 0. The molecule has 2 saturated carbocycles. The number of para-hydroxylation sites is 1. The average molecular weight is 415 g/mol. The fourth-order valence-electron chi connectivity index (χ4n) is 6.32. The highest BCUT2D eigenvalue weighted by Crippen LogP contribution is 2.53. The molecule has 1 aromatic carbocycles. The highest BCUT2D eigenvalue weighted by molar-refractivity contribution is 6.07. The Morgan fingerprint density at radius 2 is 1.61 bits per heavy atom. The summed E-state index contributed by atoms with van der Waals surface area (Å²) in [5.41, 5.74) is 1.51. The molecule has 3 aliphatic carbocycles. The molecule has 2 heterocycles. The number of likely N-dealkylation sites (tertiary alicyclic amines) is 1. The van der Waals surface area contributed by atoms with Gasteiger partial charge in [-0.2, -0.15) is 0 Å². The average Bonchev–Trinajstić information content (AvgIpc) is 3.48. The van der Waals surface area contributed by atoms with E-state index in [2.05, 4.69) is 22.5 Å². The minimum Gasteiger partial charge on any atom is -0.324 e. The van der Waals surface area contributed by atoms with E-state index in [0.717, 1.165) is 23.0 Å². The number of rotatable bonds is 3. The monoisotopic (exact) mass is 415 g/mol. The lowest BCUT2D eigenvalue weighted by atomic mass is 9.84. The second-order valence-electron chi connectivity index (χ2n) is 9.42. The highest BCUT2D eigenvalue weighted by atomic mass is 16.2. The Labute approximate surface area is 180 Å². The van der Waals surface area contributed by atoms with E-state index in [1.54, 1.807) is 11.1 Å². The van der Waals surface area contributed by atoms with Gasteiger partial charge < -0.3 is 5.32 Å². The zero-order valence-corrected chi connectivity index (χ0v) is 17.2. The summed E-state index contributed by atoms with van der Waals surface area (Å²) in [6.45, 7) is 0. The summed E-state index contributed by atoms with van der Waals surface area (Å²) in [7, 11) is 0. The van der Waals surface area contributed by atoms with Gasteiger partial charge in [0.2, 0.25) is 17.7 Å². The van der Waals surface area contributed by atoms with E-state index >= 15 is 0 Å². The number of nitrogens with zero attached hydrogens (tertiary/aromatic N) is 2. The third kappa shape index (κ3) is 2.84. The standard InChI is InChI=1S/C25H25N3O3/c29-23(27-19-5-1-3-14-4-2-12-26-22(14)19)15-8-10-18(11-9-15)28-24(30)20-16-6-7-17(13-16)21(20)25(28)31/h1-7,12,15-18,20-21H,8-11,13H2,(H,27,29)/t15?,16-,17?,18?,20-,21+/m0/s1. The minimum absolute atomic E-state index is 0.00482. The van der Waals surface area contributed by atoms with Crippen LogP contribution in [0.3, 0.4) is 0 Å². The van der Waals surface area contributed by atoms with E-state index in [9.17, 15) is 14.4 Å². The molecule has 0 radical (unpaired) electrons. The molecule has 31 heavy (non-hydrogen) atoms. The first-order valence-electron chi connectivity index (χ1n) is 11.3. The van der Waals surface area contributed by atoms with Crippen LogP contribution in [-0.4, -0.2) is 33.6 Å². The largest absolute Gasteiger partial charge is 0.324 e. The van der Waals surface area contributed by atoms with Crippen LogP contribution >= 0.6 is 0 Å². The Hall–Kier alpha value is -3.02. The van der Waals surface area contributed by atoms with Crippen molar-refractivity contribution in [1.29, 1.82) is 0 Å². The Bertz CT molecular complexity index is 1080. The maximum absolute atomic E-state index is 13.1. The predicted octanol–water partition coefficient (Wildman–Crippen LogP) is 3.54. The van der Waals surface area contributed by atoms with E-state index in [1.807, 2.05) is 30.3 Å². The molecule has 6 rings (SSSR count). The van der Waals surface area contributed by atoms with Crippen molar-refractivity contribution in [3.8, 4) is 0 Å². The molecule has 1 N–H and O–H groups in total. The molecule has 1 saturated heterocycles. The number of hydrogen-bond acceptors (Lipinski definition) is 4. The number of nitrogens with one attached hydrogen (secondary N) is 1. The van der Waals surface area contributed by atoms with Crippen LogP contribution in [0.2, 0.25) is 0 Å². The number of fused-ring (bicyclic) bond motifs is 6. The van der Waals surface area contributed by atoms with Crippen molar-refractivity contribution in [2.75, 3.05) is 5.32 Å². The topological polar surface area (TPSA) is 79.4 Å². The van der Waals surface area contributed by atoms with Gasteiger partial charge in [-0.3, -0.25) is 24.3 Å². The molecule has 2 aromatic rings. The van der Waals surface area contributed by atoms with E-state index in [-0.39, 0.29) is 53.4 Å². The van der Waals surface area contributed by atoms with E-state index in [4.69, 9.17) is 0 Å². The van der Waals surface area contributed by atoms with Crippen LogP contribution in [-0.2, 0) is 14.4 Å². The van der Waals surface area contributed by atoms with Gasteiger partial charge in [0.1, 0.15) is 0 Å². The first kappa shape index (κ1) is 18.7. The number of benzene rings is 1. The van der Waals surface area contributed by atoms with Crippen molar-refractivity contribution in [1.82, 2.24) is 9.88 Å². The van der Waals surface area contributed by atoms with Gasteiger partial charge in [0, 0.05) is 23.5 Å². The van der Waals surface area contributed by atoms with Crippen LogP contribution in [0.1, 0.15) is 32.1 Å². The lowest BCUT2D eigenvalue weighted by Gasteiger charge is -2.33. The Kier molecular flexibility index (Phi) is 4.23. The fourth-order valence-corrected chi connectivity index (χ4v) is 6.32. The summed E-state index contributed by atoms with van der Waals surface area (Å²) in [5.74, 6) is 0.156. The SMILES string of the molecule is O=C(Nc1cccc2cccnc12)C1CCC(N2C(=O)[C@@H]3[C@H](C2=O)C2C=C[C@H]3C2)CC1. The van der Waals surface area contributed by atoms with Crippen molar-refractivity contribution in [2.45, 2.75) is 38.1 Å². The van der Waals surface area contributed by atoms with Gasteiger partial charge >= 0.3 is 0 Å². The van der Waals surface area contributed by atoms with Gasteiger partial charge in [0.25, 0.3) is 0 Å². The molecule has 2 bridgehead atoms. The molecule has 3 amide bonds. The van der Waals surface area contributed by atoms with Crippen LogP contribution < -0.4 is 5.32 Å². The van der Waals surface area contributed by atoms with Gasteiger partial charge in [0.05, 0.1) is 23.0 Å². The summed E-state index contributed by atoms with van der Waals surface area (Å²) >= 11 is 0. The van der Waals surface area contributed by atoms with Crippen molar-refractivity contribution in [3.63, 3.8) is 0 Å². The first-order chi connectivity index (χ1) is 15.1. The number of anilines is 1. The van der Waals surface area contributed by atoms with Crippen LogP contribution in [0.5, 0.6) is 0 Å². The number of hydrogen-bond donors (Lipinski definition) is 1. The predicted molar refractivity (Wildman–Crippen MR) is 116 cm³/mol. The quantitative estimate of drug-likeness (QED) is 0.614. The third-order valence-electron chi connectivity index (χ3n) is 7.83. The van der Waals surface area contributed by atoms with E-state index < -0.39 is 0 Å². The number of carbonyl (C=O) groups is 3. The molecule has 6 nitrogen and oxygen atoms in total. The van der Waals surface area contributed by atoms with Crippen LogP contribution in [0, 0.1) is 29.6 Å². The lowest BCUT2D eigenvalue weighted by Crippen LogP contribution is -2.44. The first-order valence-corrected chi connectivity index (χ1v) is 11.3. The molecule has 0 spiro atoms. The van der Waals surface area contributed by atoms with E-state index in [0.29, 0.717) is 25.7 Å². The van der Waals surface area contributed by atoms with Crippen molar-refractivity contribution >= 4 is 34.3 Å². The van der Waals surface area contributed by atoms with Gasteiger partial charge in [-0.15, -0.1) is 0 Å². The van der Waals surface area contributed by atoms with Crippen LogP contribution in [0.25, 0.3) is 10.9 Å². The van der Waals surface area contributed by atoms with Gasteiger partial charge in [-0.1, -0.05) is 30.4 Å². The summed E-state index contributed by atoms with van der Waals surface area (Å²) in [4.78, 5) is 45.0. The number of allylic oxidation sites excluding steroid dienone is 2. The van der Waals surface area contributed by atoms with Crippen molar-refractivity contribution in [3.05, 3.63) is 48.7 Å². The van der Waals surface area contributed by atoms with Crippen LogP contribution in [0.4, 0.5) is 5.69 Å². The minimum atomic E-state index is -0.137. The zero-order valence-electron chi connectivity index (χ0n) is 17.2. The number of pyridine rings is 1. The van der Waals surface area contributed by atoms with Crippen molar-refractivity contribution in [2.24, 2.45) is 29.6 Å². The smallest absolute Gasteiger partial charge is 0.233 e. The van der Waals surface area contributed by atoms with Gasteiger partial charge in [-0.05, 0) is 56.1 Å². The molecule has 4 atom stereocenters. The van der Waals surface area contributed by atoms with Crippen LogP contribution in [0.15, 0.2) is 48.7 Å². The zero-order chi connectivity index (χ0) is 21.1. The summed E-state index contributed by atoms with van der Waals surface area (Å²) in [6.07, 6.45) is 9.71. The second-order valence-corrected chi connectivity index (χ2v) is 9.42. The second kappa shape index (κ2) is 7.01. The Morgan fingerprint density at radius 3 is 2.32 bits per heavy atom. The number of imide groups is 1. The Balaban J connectivity index is 1.12. The normalized spacial score (nSPS) is 33.9. The lowest BCUT2D eigenvalue weighted by molar-refractivity contribution is -0.144. The molecular formula is C25H25N3O3. The molecule has 1 aliphatic heterocycles.